The Balaban J connectivity index is 1.51. The van der Waals surface area contributed by atoms with Gasteiger partial charge in [0.15, 0.2) is 5.13 Å². The number of rotatable bonds is 6. The Morgan fingerprint density at radius 1 is 1.22 bits per heavy atom. The third-order valence-electron chi connectivity index (χ3n) is 4.74. The minimum absolute atomic E-state index is 0.0884. The van der Waals surface area contributed by atoms with Crippen molar-refractivity contribution in [3.05, 3.63) is 40.9 Å². The van der Waals surface area contributed by atoms with Crippen LogP contribution in [0.2, 0.25) is 0 Å². The standard InChI is InChI=1S/C20H26N4O2S/c1-14-5-3-4-10-24(14)13-18-12-21-20(27-18)23-19(26)11-16-6-8-17(9-7-16)22-15(2)25/h6-9,12,14H,3-5,10-11,13H2,1-2H3,(H,22,25)(H,21,23,26). The summed E-state index contributed by atoms with van der Waals surface area (Å²) in [5.74, 6) is -0.200. The topological polar surface area (TPSA) is 74.3 Å². The zero-order valence-corrected chi connectivity index (χ0v) is 16.6. The van der Waals surface area contributed by atoms with Crippen LogP contribution in [-0.2, 0) is 22.6 Å². The second-order valence-electron chi connectivity index (χ2n) is 7.05. The van der Waals surface area contributed by atoms with Crippen LogP contribution in [0.3, 0.4) is 0 Å². The number of nitrogens with one attached hydrogen (secondary N) is 2. The molecule has 1 atom stereocenters. The van der Waals surface area contributed by atoms with Crippen molar-refractivity contribution in [3.8, 4) is 0 Å². The molecule has 1 unspecified atom stereocenters. The highest BCUT2D eigenvalue weighted by Gasteiger charge is 2.19. The van der Waals surface area contributed by atoms with Crippen LogP contribution in [0.5, 0.6) is 0 Å². The molecular weight excluding hydrogens is 360 g/mol. The third kappa shape index (κ3) is 5.87. The first-order chi connectivity index (χ1) is 13.0. The van der Waals surface area contributed by atoms with Gasteiger partial charge in [-0.05, 0) is 44.0 Å². The Labute approximate surface area is 164 Å². The summed E-state index contributed by atoms with van der Waals surface area (Å²) >= 11 is 1.54. The average Bonchev–Trinajstić information content (AvgIpc) is 3.05. The first kappa shape index (κ1) is 19.5. The number of likely N-dealkylation sites (tertiary alicyclic amines) is 1. The van der Waals surface area contributed by atoms with E-state index in [0.717, 1.165) is 24.3 Å². The molecule has 2 aromatic rings. The predicted molar refractivity (Wildman–Crippen MR) is 109 cm³/mol. The largest absolute Gasteiger partial charge is 0.326 e. The molecule has 6 nitrogen and oxygen atoms in total. The second-order valence-corrected chi connectivity index (χ2v) is 8.17. The monoisotopic (exact) mass is 386 g/mol. The molecule has 0 radical (unpaired) electrons. The molecule has 0 saturated carbocycles. The molecule has 2 N–H and O–H groups in total. The van der Waals surface area contributed by atoms with Gasteiger partial charge in [-0.3, -0.25) is 14.5 Å². The molecule has 1 aliphatic rings. The fourth-order valence-electron chi connectivity index (χ4n) is 3.29. The van der Waals surface area contributed by atoms with Crippen LogP contribution < -0.4 is 10.6 Å². The lowest BCUT2D eigenvalue weighted by atomic mass is 10.0. The average molecular weight is 387 g/mol. The zero-order valence-electron chi connectivity index (χ0n) is 15.8. The van der Waals surface area contributed by atoms with Gasteiger partial charge in [0.05, 0.1) is 6.42 Å². The van der Waals surface area contributed by atoms with Crippen molar-refractivity contribution >= 4 is 34.0 Å². The summed E-state index contributed by atoms with van der Waals surface area (Å²) in [5, 5.41) is 6.25. The highest BCUT2D eigenvalue weighted by molar-refractivity contribution is 7.15. The Morgan fingerprint density at radius 3 is 2.70 bits per heavy atom. The van der Waals surface area contributed by atoms with E-state index in [1.807, 2.05) is 18.3 Å². The lowest BCUT2D eigenvalue weighted by Gasteiger charge is -2.32. The SMILES string of the molecule is CC(=O)Nc1ccc(CC(=O)Nc2ncc(CN3CCCCC3C)s2)cc1. The molecule has 27 heavy (non-hydrogen) atoms. The molecule has 7 heteroatoms. The van der Waals surface area contributed by atoms with Crippen molar-refractivity contribution in [3.63, 3.8) is 0 Å². The molecule has 1 fully saturated rings. The summed E-state index contributed by atoms with van der Waals surface area (Å²) < 4.78 is 0. The Hall–Kier alpha value is -2.25. The van der Waals surface area contributed by atoms with Crippen molar-refractivity contribution in [2.24, 2.45) is 0 Å². The molecule has 0 aliphatic carbocycles. The maximum atomic E-state index is 12.3. The third-order valence-corrected chi connectivity index (χ3v) is 5.64. The molecule has 144 valence electrons. The van der Waals surface area contributed by atoms with Gasteiger partial charge in [-0.1, -0.05) is 18.6 Å². The predicted octanol–water partition coefficient (Wildman–Crippen LogP) is 3.66. The number of thiazole rings is 1. The summed E-state index contributed by atoms with van der Waals surface area (Å²) in [6.45, 7) is 5.78. The van der Waals surface area contributed by atoms with Gasteiger partial charge >= 0.3 is 0 Å². The number of piperidine rings is 1. The van der Waals surface area contributed by atoms with Gasteiger partial charge in [0.2, 0.25) is 11.8 Å². The Morgan fingerprint density at radius 2 is 2.00 bits per heavy atom. The molecule has 0 bridgehead atoms. The smallest absolute Gasteiger partial charge is 0.230 e. The van der Waals surface area contributed by atoms with Gasteiger partial charge in [-0.15, -0.1) is 11.3 Å². The fourth-order valence-corrected chi connectivity index (χ4v) is 4.14. The Bertz CT molecular complexity index is 788. The van der Waals surface area contributed by atoms with E-state index in [1.165, 1.54) is 31.1 Å². The number of anilines is 2. The highest BCUT2D eigenvalue weighted by atomic mass is 32.1. The van der Waals surface area contributed by atoms with E-state index in [0.29, 0.717) is 11.2 Å². The quantitative estimate of drug-likeness (QED) is 0.795. The second kappa shape index (κ2) is 9.10. The van der Waals surface area contributed by atoms with Crippen molar-refractivity contribution in [1.82, 2.24) is 9.88 Å². The fraction of sp³-hybridized carbons (Fsp3) is 0.450. The minimum atomic E-state index is -0.112. The first-order valence-electron chi connectivity index (χ1n) is 9.35. The van der Waals surface area contributed by atoms with Gasteiger partial charge in [0, 0.05) is 36.3 Å². The number of carbonyl (C=O) groups is 2. The summed E-state index contributed by atoms with van der Waals surface area (Å²) in [7, 11) is 0. The van der Waals surface area contributed by atoms with E-state index in [9.17, 15) is 9.59 Å². The number of carbonyl (C=O) groups excluding carboxylic acids is 2. The van der Waals surface area contributed by atoms with Gasteiger partial charge < -0.3 is 10.6 Å². The van der Waals surface area contributed by atoms with Crippen LogP contribution >= 0.6 is 11.3 Å². The minimum Gasteiger partial charge on any atom is -0.326 e. The zero-order chi connectivity index (χ0) is 19.2. The van der Waals surface area contributed by atoms with E-state index < -0.39 is 0 Å². The molecule has 1 aromatic carbocycles. The summed E-state index contributed by atoms with van der Waals surface area (Å²) in [4.78, 5) is 31.3. The number of hydrogen-bond acceptors (Lipinski definition) is 5. The maximum Gasteiger partial charge on any atom is 0.230 e. The first-order valence-corrected chi connectivity index (χ1v) is 10.2. The molecule has 3 rings (SSSR count). The normalized spacial score (nSPS) is 17.5. The van der Waals surface area contributed by atoms with Crippen molar-refractivity contribution < 1.29 is 9.59 Å². The molecule has 1 saturated heterocycles. The van der Waals surface area contributed by atoms with Gasteiger partial charge in [-0.2, -0.15) is 0 Å². The van der Waals surface area contributed by atoms with Gasteiger partial charge in [-0.25, -0.2) is 4.98 Å². The van der Waals surface area contributed by atoms with Crippen LogP contribution in [0.4, 0.5) is 10.8 Å². The number of aromatic nitrogens is 1. The molecule has 1 aliphatic heterocycles. The molecule has 2 amide bonds. The van der Waals surface area contributed by atoms with Crippen molar-refractivity contribution in [2.75, 3.05) is 17.2 Å². The van der Waals surface area contributed by atoms with E-state index in [1.54, 1.807) is 23.5 Å². The molecule has 1 aromatic heterocycles. The molecule has 0 spiro atoms. The van der Waals surface area contributed by atoms with E-state index >= 15 is 0 Å². The van der Waals surface area contributed by atoms with Crippen LogP contribution in [-0.4, -0.2) is 34.3 Å². The van der Waals surface area contributed by atoms with Crippen LogP contribution in [0.1, 0.15) is 43.6 Å². The van der Waals surface area contributed by atoms with E-state index in [-0.39, 0.29) is 18.2 Å². The van der Waals surface area contributed by atoms with Crippen molar-refractivity contribution in [2.45, 2.75) is 52.1 Å². The number of amides is 2. The molecular formula is C20H26N4O2S. The number of hydrogen-bond donors (Lipinski definition) is 2. The summed E-state index contributed by atoms with van der Waals surface area (Å²) in [6.07, 6.45) is 5.96. The summed E-state index contributed by atoms with van der Waals surface area (Å²) in [6, 6.07) is 7.89. The van der Waals surface area contributed by atoms with Crippen molar-refractivity contribution in [1.29, 1.82) is 0 Å². The maximum absolute atomic E-state index is 12.3. The Kier molecular flexibility index (Phi) is 6.58. The van der Waals surface area contributed by atoms with Crippen LogP contribution in [0, 0.1) is 0 Å². The van der Waals surface area contributed by atoms with Gasteiger partial charge in [0.1, 0.15) is 0 Å². The van der Waals surface area contributed by atoms with Crippen LogP contribution in [0.25, 0.3) is 0 Å². The summed E-state index contributed by atoms with van der Waals surface area (Å²) in [5.41, 5.74) is 1.61. The number of benzene rings is 1. The highest BCUT2D eigenvalue weighted by Crippen LogP contribution is 2.24. The number of nitrogens with zero attached hydrogens (tertiary/aromatic N) is 2. The van der Waals surface area contributed by atoms with E-state index in [4.69, 9.17) is 0 Å². The molecule has 2 heterocycles. The van der Waals surface area contributed by atoms with Crippen LogP contribution in [0.15, 0.2) is 30.5 Å². The van der Waals surface area contributed by atoms with Gasteiger partial charge in [0.25, 0.3) is 0 Å². The van der Waals surface area contributed by atoms with E-state index in [2.05, 4.69) is 27.4 Å². The lowest BCUT2D eigenvalue weighted by Crippen LogP contribution is -2.36. The lowest BCUT2D eigenvalue weighted by molar-refractivity contribution is -0.116.